The second-order valence-corrected chi connectivity index (χ2v) is 4.58. The average molecular weight is 244 g/mol. The van der Waals surface area contributed by atoms with Crippen molar-refractivity contribution in [3.63, 3.8) is 0 Å². The fraction of sp³-hybridized carbons (Fsp3) is 0.200. The Morgan fingerprint density at radius 1 is 0.722 bits per heavy atom. The summed E-state index contributed by atoms with van der Waals surface area (Å²) in [4.78, 5) is 0. The predicted octanol–water partition coefficient (Wildman–Crippen LogP) is 3.40. The Labute approximate surface area is 106 Å². The molecule has 0 heterocycles. The maximum absolute atomic E-state index is 10.0. The molecular formula is C15H16O3. The Hall–Kier alpha value is -2.16. The van der Waals surface area contributed by atoms with Crippen molar-refractivity contribution < 1.29 is 15.3 Å². The van der Waals surface area contributed by atoms with Gasteiger partial charge in [0.25, 0.3) is 0 Å². The van der Waals surface area contributed by atoms with Gasteiger partial charge in [0.1, 0.15) is 5.75 Å². The fourth-order valence-corrected chi connectivity index (χ4v) is 1.95. The highest BCUT2D eigenvalue weighted by Gasteiger charge is 2.16. The summed E-state index contributed by atoms with van der Waals surface area (Å²) < 4.78 is 0. The molecule has 0 aliphatic rings. The van der Waals surface area contributed by atoms with Gasteiger partial charge in [-0.2, -0.15) is 0 Å². The van der Waals surface area contributed by atoms with Gasteiger partial charge in [0.05, 0.1) is 5.56 Å². The SMILES string of the molecule is Cc1ccc(-c2c(O)c(C)cc(O)c2O)cc1C. The van der Waals surface area contributed by atoms with Gasteiger partial charge in [0.15, 0.2) is 11.5 Å². The van der Waals surface area contributed by atoms with E-state index in [1.807, 2.05) is 32.0 Å². The molecule has 0 spiro atoms. The van der Waals surface area contributed by atoms with Crippen molar-refractivity contribution in [1.82, 2.24) is 0 Å². The molecule has 0 radical (unpaired) electrons. The van der Waals surface area contributed by atoms with Crippen LogP contribution in [0.5, 0.6) is 17.2 Å². The molecule has 0 atom stereocenters. The summed E-state index contributed by atoms with van der Waals surface area (Å²) in [7, 11) is 0. The summed E-state index contributed by atoms with van der Waals surface area (Å²) >= 11 is 0. The highest BCUT2D eigenvalue weighted by molar-refractivity contribution is 5.80. The smallest absolute Gasteiger partial charge is 0.169 e. The molecule has 94 valence electrons. The molecule has 3 heteroatoms. The molecule has 18 heavy (non-hydrogen) atoms. The number of aryl methyl sites for hydroxylation is 3. The van der Waals surface area contributed by atoms with Gasteiger partial charge in [0.2, 0.25) is 0 Å². The van der Waals surface area contributed by atoms with E-state index in [1.165, 1.54) is 6.07 Å². The normalized spacial score (nSPS) is 10.6. The van der Waals surface area contributed by atoms with Crippen molar-refractivity contribution >= 4 is 0 Å². The predicted molar refractivity (Wildman–Crippen MR) is 71.1 cm³/mol. The Morgan fingerprint density at radius 2 is 1.39 bits per heavy atom. The molecule has 0 bridgehead atoms. The van der Waals surface area contributed by atoms with Crippen LogP contribution < -0.4 is 0 Å². The van der Waals surface area contributed by atoms with Crippen molar-refractivity contribution in [2.24, 2.45) is 0 Å². The summed E-state index contributed by atoms with van der Waals surface area (Å²) in [5.74, 6) is -0.520. The first-order chi connectivity index (χ1) is 8.41. The molecule has 0 fully saturated rings. The molecule has 0 aliphatic heterocycles. The fourth-order valence-electron chi connectivity index (χ4n) is 1.95. The van der Waals surface area contributed by atoms with Crippen LogP contribution in [-0.2, 0) is 0 Å². The van der Waals surface area contributed by atoms with E-state index in [0.29, 0.717) is 11.1 Å². The first kappa shape index (κ1) is 12.3. The zero-order chi connectivity index (χ0) is 13.4. The second kappa shape index (κ2) is 4.26. The van der Waals surface area contributed by atoms with E-state index < -0.39 is 0 Å². The van der Waals surface area contributed by atoms with Gasteiger partial charge in [-0.15, -0.1) is 0 Å². The van der Waals surface area contributed by atoms with Crippen molar-refractivity contribution in [1.29, 1.82) is 0 Å². The third-order valence-corrected chi connectivity index (χ3v) is 3.24. The summed E-state index contributed by atoms with van der Waals surface area (Å²) in [6, 6.07) is 6.96. The first-order valence-corrected chi connectivity index (χ1v) is 5.74. The number of aromatic hydroxyl groups is 3. The Morgan fingerprint density at radius 3 is 2.00 bits per heavy atom. The molecule has 3 N–H and O–H groups in total. The number of hydrogen-bond acceptors (Lipinski definition) is 3. The van der Waals surface area contributed by atoms with E-state index in [0.717, 1.165) is 11.1 Å². The third kappa shape index (κ3) is 1.88. The van der Waals surface area contributed by atoms with E-state index in [1.54, 1.807) is 6.92 Å². The van der Waals surface area contributed by atoms with E-state index in [4.69, 9.17) is 0 Å². The minimum absolute atomic E-state index is 0.00597. The summed E-state index contributed by atoms with van der Waals surface area (Å²) in [6.07, 6.45) is 0. The van der Waals surface area contributed by atoms with Crippen LogP contribution >= 0.6 is 0 Å². The number of hydrogen-bond donors (Lipinski definition) is 3. The van der Waals surface area contributed by atoms with E-state index >= 15 is 0 Å². The molecule has 2 rings (SSSR count). The monoisotopic (exact) mass is 244 g/mol. The Balaban J connectivity index is 2.74. The molecule has 0 amide bonds. The van der Waals surface area contributed by atoms with E-state index in [2.05, 4.69) is 0 Å². The minimum atomic E-state index is -0.290. The van der Waals surface area contributed by atoms with Crippen LogP contribution in [0.1, 0.15) is 16.7 Å². The zero-order valence-electron chi connectivity index (χ0n) is 10.7. The molecular weight excluding hydrogens is 228 g/mol. The molecule has 2 aromatic carbocycles. The first-order valence-electron chi connectivity index (χ1n) is 5.74. The van der Waals surface area contributed by atoms with Crippen LogP contribution in [0.15, 0.2) is 24.3 Å². The number of phenols is 3. The standard InChI is InChI=1S/C15H16O3/c1-8-4-5-11(6-9(8)2)13-14(17)10(3)7-12(16)15(13)18/h4-7,16-18H,1-3H3. The molecule has 0 aliphatic carbocycles. The molecule has 0 aromatic heterocycles. The number of rotatable bonds is 1. The van der Waals surface area contributed by atoms with Crippen LogP contribution in [0.2, 0.25) is 0 Å². The van der Waals surface area contributed by atoms with E-state index in [-0.39, 0.29) is 22.8 Å². The van der Waals surface area contributed by atoms with Crippen LogP contribution in [0.25, 0.3) is 11.1 Å². The maximum Gasteiger partial charge on any atom is 0.169 e. The van der Waals surface area contributed by atoms with Gasteiger partial charge >= 0.3 is 0 Å². The Bertz CT molecular complexity index is 589. The van der Waals surface area contributed by atoms with Crippen molar-refractivity contribution in [2.75, 3.05) is 0 Å². The van der Waals surface area contributed by atoms with Crippen molar-refractivity contribution in [3.05, 3.63) is 41.0 Å². The largest absolute Gasteiger partial charge is 0.507 e. The lowest BCUT2D eigenvalue weighted by Gasteiger charge is -2.12. The molecule has 3 nitrogen and oxygen atoms in total. The Kier molecular flexibility index (Phi) is 2.91. The van der Waals surface area contributed by atoms with Gasteiger partial charge in [-0.25, -0.2) is 0 Å². The maximum atomic E-state index is 10.0. The molecule has 2 aromatic rings. The van der Waals surface area contributed by atoms with Gasteiger partial charge < -0.3 is 15.3 Å². The lowest BCUT2D eigenvalue weighted by molar-refractivity contribution is 0.397. The van der Waals surface area contributed by atoms with Crippen molar-refractivity contribution in [3.8, 4) is 28.4 Å². The van der Waals surface area contributed by atoms with Gasteiger partial charge in [-0.3, -0.25) is 0 Å². The van der Waals surface area contributed by atoms with Gasteiger partial charge in [-0.05, 0) is 49.1 Å². The molecule has 0 saturated heterocycles. The van der Waals surface area contributed by atoms with Crippen molar-refractivity contribution in [2.45, 2.75) is 20.8 Å². The highest BCUT2D eigenvalue weighted by Crippen LogP contribution is 2.45. The summed E-state index contributed by atoms with van der Waals surface area (Å²) in [5, 5.41) is 29.6. The lowest BCUT2D eigenvalue weighted by Crippen LogP contribution is -1.87. The molecule has 0 saturated carbocycles. The number of phenolic OH excluding ortho intramolecular Hbond substituents is 3. The van der Waals surface area contributed by atoms with Crippen LogP contribution in [-0.4, -0.2) is 15.3 Å². The summed E-state index contributed by atoms with van der Waals surface area (Å²) in [6.45, 7) is 5.63. The highest BCUT2D eigenvalue weighted by atomic mass is 16.3. The minimum Gasteiger partial charge on any atom is -0.507 e. The second-order valence-electron chi connectivity index (χ2n) is 4.58. The average Bonchev–Trinajstić information content (AvgIpc) is 2.31. The van der Waals surface area contributed by atoms with Gasteiger partial charge in [0, 0.05) is 0 Å². The molecule has 0 unspecified atom stereocenters. The topological polar surface area (TPSA) is 60.7 Å². The third-order valence-electron chi connectivity index (χ3n) is 3.24. The van der Waals surface area contributed by atoms with Crippen LogP contribution in [0.4, 0.5) is 0 Å². The zero-order valence-corrected chi connectivity index (χ0v) is 10.7. The van der Waals surface area contributed by atoms with Crippen LogP contribution in [0.3, 0.4) is 0 Å². The quantitative estimate of drug-likeness (QED) is 0.532. The van der Waals surface area contributed by atoms with E-state index in [9.17, 15) is 15.3 Å². The van der Waals surface area contributed by atoms with Gasteiger partial charge in [-0.1, -0.05) is 18.2 Å². The lowest BCUT2D eigenvalue weighted by atomic mass is 9.97. The van der Waals surface area contributed by atoms with Crippen LogP contribution in [0, 0.1) is 20.8 Å². The number of benzene rings is 2. The summed E-state index contributed by atoms with van der Waals surface area (Å²) in [5.41, 5.74) is 3.68.